The van der Waals surface area contributed by atoms with Gasteiger partial charge in [-0.05, 0) is 37.0 Å². The highest BCUT2D eigenvalue weighted by Gasteiger charge is 2.11. The molecule has 0 bridgehead atoms. The van der Waals surface area contributed by atoms with E-state index in [0.717, 1.165) is 24.3 Å². The number of nitrogens with zero attached hydrogens (tertiary/aromatic N) is 2. The lowest BCUT2D eigenvalue weighted by Gasteiger charge is -2.15. The summed E-state index contributed by atoms with van der Waals surface area (Å²) in [7, 11) is 0. The number of carbonyl (C=O) groups is 1. The van der Waals surface area contributed by atoms with Crippen molar-refractivity contribution in [3.8, 4) is 5.75 Å². The lowest BCUT2D eigenvalue weighted by molar-refractivity contribution is -0.119. The van der Waals surface area contributed by atoms with Crippen molar-refractivity contribution in [2.45, 2.75) is 38.4 Å². The van der Waals surface area contributed by atoms with Crippen LogP contribution in [0.4, 0.5) is 0 Å². The van der Waals surface area contributed by atoms with E-state index in [4.69, 9.17) is 4.74 Å². The number of carbonyl (C=O) groups excluding carboxylic acids is 1. The van der Waals surface area contributed by atoms with Crippen LogP contribution < -0.4 is 10.1 Å². The van der Waals surface area contributed by atoms with Gasteiger partial charge >= 0.3 is 0 Å². The van der Waals surface area contributed by atoms with E-state index < -0.39 is 0 Å². The summed E-state index contributed by atoms with van der Waals surface area (Å²) in [5.41, 5.74) is 1.05. The van der Waals surface area contributed by atoms with E-state index in [1.54, 1.807) is 0 Å². The Bertz CT molecular complexity index is 614. The van der Waals surface area contributed by atoms with Gasteiger partial charge in [0, 0.05) is 0 Å². The molecule has 1 amide bonds. The van der Waals surface area contributed by atoms with Gasteiger partial charge in [0.2, 0.25) is 5.91 Å². The van der Waals surface area contributed by atoms with E-state index in [-0.39, 0.29) is 11.9 Å². The Morgan fingerprint density at radius 2 is 2.04 bits per heavy atom. The van der Waals surface area contributed by atoms with Crippen molar-refractivity contribution in [3.05, 3.63) is 36.2 Å². The van der Waals surface area contributed by atoms with Crippen LogP contribution in [-0.4, -0.2) is 33.4 Å². The van der Waals surface area contributed by atoms with Crippen molar-refractivity contribution in [2.24, 2.45) is 5.92 Å². The molecule has 24 heavy (non-hydrogen) atoms. The molecule has 2 aromatic rings. The third-order valence-corrected chi connectivity index (χ3v) is 4.33. The summed E-state index contributed by atoms with van der Waals surface area (Å²) in [6.45, 7) is 7.04. The van der Waals surface area contributed by atoms with Crippen LogP contribution in [-0.2, 0) is 4.79 Å². The van der Waals surface area contributed by atoms with Crippen molar-refractivity contribution in [2.75, 3.05) is 12.4 Å². The molecule has 0 aliphatic heterocycles. The van der Waals surface area contributed by atoms with E-state index >= 15 is 0 Å². The van der Waals surface area contributed by atoms with E-state index in [1.165, 1.54) is 18.1 Å². The topological polar surface area (TPSA) is 79.9 Å². The van der Waals surface area contributed by atoms with E-state index in [0.29, 0.717) is 16.8 Å². The Morgan fingerprint density at radius 1 is 1.29 bits per heavy atom. The summed E-state index contributed by atoms with van der Waals surface area (Å²) in [4.78, 5) is 15.9. The first-order valence-corrected chi connectivity index (χ1v) is 9.03. The molecule has 7 heteroatoms. The van der Waals surface area contributed by atoms with Crippen molar-refractivity contribution in [3.63, 3.8) is 0 Å². The Morgan fingerprint density at radius 3 is 2.67 bits per heavy atom. The van der Waals surface area contributed by atoms with Crippen LogP contribution >= 0.6 is 11.8 Å². The average Bonchev–Trinajstić information content (AvgIpc) is 3.06. The summed E-state index contributed by atoms with van der Waals surface area (Å²) in [6.07, 6.45) is 2.46. The lowest BCUT2D eigenvalue weighted by atomic mass is 10.1. The molecule has 0 aliphatic rings. The predicted molar refractivity (Wildman–Crippen MR) is 95.1 cm³/mol. The number of hydrogen-bond donors (Lipinski definition) is 2. The highest BCUT2D eigenvalue weighted by atomic mass is 32.2. The van der Waals surface area contributed by atoms with Crippen LogP contribution in [0.1, 0.15) is 38.8 Å². The number of rotatable bonds is 9. The van der Waals surface area contributed by atoms with Gasteiger partial charge in [-0.25, -0.2) is 4.98 Å². The number of thioether (sulfide) groups is 1. The highest BCUT2D eigenvalue weighted by molar-refractivity contribution is 7.99. The van der Waals surface area contributed by atoms with Gasteiger partial charge in [-0.2, -0.15) is 5.10 Å². The Hall–Kier alpha value is -2.02. The van der Waals surface area contributed by atoms with Gasteiger partial charge in [-0.1, -0.05) is 37.7 Å². The van der Waals surface area contributed by atoms with Gasteiger partial charge in [0.05, 0.1) is 18.4 Å². The molecule has 0 unspecified atom stereocenters. The lowest BCUT2D eigenvalue weighted by Crippen LogP contribution is -2.28. The zero-order valence-electron chi connectivity index (χ0n) is 14.3. The van der Waals surface area contributed by atoms with Gasteiger partial charge in [0.1, 0.15) is 12.1 Å². The number of aromatic amines is 1. The molecule has 6 nitrogen and oxygen atoms in total. The normalized spacial score (nSPS) is 12.2. The summed E-state index contributed by atoms with van der Waals surface area (Å²) in [6, 6.07) is 7.80. The van der Waals surface area contributed by atoms with Crippen molar-refractivity contribution in [1.29, 1.82) is 0 Å². The molecule has 130 valence electrons. The number of H-pyrrole nitrogens is 1. The van der Waals surface area contributed by atoms with Gasteiger partial charge in [0.15, 0.2) is 5.16 Å². The fourth-order valence-electron chi connectivity index (χ4n) is 2.03. The molecule has 0 radical (unpaired) electrons. The Balaban J connectivity index is 1.76. The first kappa shape index (κ1) is 18.3. The monoisotopic (exact) mass is 348 g/mol. The fourth-order valence-corrected chi connectivity index (χ4v) is 2.62. The quantitative estimate of drug-likeness (QED) is 0.680. The largest absolute Gasteiger partial charge is 0.494 e. The number of amides is 1. The number of nitrogens with one attached hydrogen (secondary N) is 2. The molecule has 0 saturated heterocycles. The van der Waals surface area contributed by atoms with Crippen LogP contribution in [0.3, 0.4) is 0 Å². The molecule has 1 atom stereocenters. The second-order valence-corrected chi connectivity index (χ2v) is 6.93. The van der Waals surface area contributed by atoms with Gasteiger partial charge < -0.3 is 10.1 Å². The van der Waals surface area contributed by atoms with Gasteiger partial charge in [-0.3, -0.25) is 9.89 Å². The van der Waals surface area contributed by atoms with Gasteiger partial charge in [-0.15, -0.1) is 0 Å². The number of aromatic nitrogens is 3. The van der Waals surface area contributed by atoms with Gasteiger partial charge in [0.25, 0.3) is 0 Å². The standard InChI is InChI=1S/C17H24N4O2S/c1-12(2)8-9-23-15-6-4-14(5-7-15)13(3)20-16(22)10-24-17-18-11-19-21-17/h4-7,11-13H,8-10H2,1-3H3,(H,20,22)(H,18,19,21)/t13-/m0/s1. The average molecular weight is 348 g/mol. The first-order chi connectivity index (χ1) is 11.5. The maximum atomic E-state index is 12.0. The maximum absolute atomic E-state index is 12.0. The molecule has 0 fully saturated rings. The first-order valence-electron chi connectivity index (χ1n) is 8.05. The molecule has 2 rings (SSSR count). The fraction of sp³-hybridized carbons (Fsp3) is 0.471. The molecule has 0 aliphatic carbocycles. The van der Waals surface area contributed by atoms with Crippen molar-refractivity contribution >= 4 is 17.7 Å². The summed E-state index contributed by atoms with van der Waals surface area (Å²) in [5.74, 6) is 1.75. The summed E-state index contributed by atoms with van der Waals surface area (Å²) >= 11 is 1.32. The number of hydrogen-bond acceptors (Lipinski definition) is 5. The van der Waals surface area contributed by atoms with Crippen molar-refractivity contribution < 1.29 is 9.53 Å². The third kappa shape index (κ3) is 6.23. The smallest absolute Gasteiger partial charge is 0.230 e. The van der Waals surface area contributed by atoms with Crippen LogP contribution in [0.25, 0.3) is 0 Å². The zero-order valence-corrected chi connectivity index (χ0v) is 15.1. The second kappa shape index (κ2) is 9.32. The minimum atomic E-state index is -0.0578. The van der Waals surface area contributed by atoms with E-state index in [9.17, 15) is 4.79 Å². The Labute approximate surface area is 146 Å². The molecular formula is C17H24N4O2S. The summed E-state index contributed by atoms with van der Waals surface area (Å²) < 4.78 is 5.71. The van der Waals surface area contributed by atoms with E-state index in [1.807, 2.05) is 31.2 Å². The molecule has 1 aromatic heterocycles. The molecule has 1 aromatic carbocycles. The highest BCUT2D eigenvalue weighted by Crippen LogP contribution is 2.19. The molecule has 1 heterocycles. The Kier molecular flexibility index (Phi) is 7.11. The molecule has 0 saturated carbocycles. The third-order valence-electron chi connectivity index (χ3n) is 3.45. The summed E-state index contributed by atoms with van der Waals surface area (Å²) in [5, 5.41) is 10.1. The van der Waals surface area contributed by atoms with Crippen LogP contribution in [0.2, 0.25) is 0 Å². The SMILES string of the molecule is CC(C)CCOc1ccc([C@H](C)NC(=O)CSc2ncn[nH]2)cc1. The molecule has 0 spiro atoms. The molecule has 2 N–H and O–H groups in total. The number of ether oxygens (including phenoxy) is 1. The maximum Gasteiger partial charge on any atom is 0.230 e. The minimum Gasteiger partial charge on any atom is -0.494 e. The van der Waals surface area contributed by atoms with Crippen LogP contribution in [0.5, 0.6) is 5.75 Å². The minimum absolute atomic E-state index is 0.0406. The zero-order chi connectivity index (χ0) is 17.4. The van der Waals surface area contributed by atoms with Crippen LogP contribution in [0, 0.1) is 5.92 Å². The predicted octanol–water partition coefficient (Wildman–Crippen LogP) is 3.20. The van der Waals surface area contributed by atoms with E-state index in [2.05, 4.69) is 34.3 Å². The molecular weight excluding hydrogens is 324 g/mol. The van der Waals surface area contributed by atoms with Crippen LogP contribution in [0.15, 0.2) is 35.7 Å². The number of benzene rings is 1. The second-order valence-electron chi connectivity index (χ2n) is 5.97. The van der Waals surface area contributed by atoms with Crippen molar-refractivity contribution in [1.82, 2.24) is 20.5 Å².